The molecule has 8 heteroatoms. The van der Waals surface area contributed by atoms with Crippen LogP contribution >= 0.6 is 15.9 Å². The molecule has 1 aromatic heterocycles. The molecular formula is C19H18BrN3O4. The van der Waals surface area contributed by atoms with Crippen LogP contribution in [-0.4, -0.2) is 30.3 Å². The number of benzene rings is 2. The molecule has 0 atom stereocenters. The first kappa shape index (κ1) is 18.9. The van der Waals surface area contributed by atoms with Crippen molar-refractivity contribution in [1.29, 1.82) is 0 Å². The van der Waals surface area contributed by atoms with E-state index in [0.29, 0.717) is 35.3 Å². The van der Waals surface area contributed by atoms with Crippen molar-refractivity contribution in [3.05, 3.63) is 52.8 Å². The number of carbonyl (C=O) groups excluding carboxylic acids is 1. The number of nitrogens with one attached hydrogen (secondary N) is 1. The molecule has 1 N–H and O–H groups in total. The van der Waals surface area contributed by atoms with Crippen LogP contribution in [-0.2, 0) is 11.2 Å². The van der Waals surface area contributed by atoms with Crippen LogP contribution in [0.5, 0.6) is 11.5 Å². The number of hydrogen-bond acceptors (Lipinski definition) is 6. The average Bonchev–Trinajstić information content (AvgIpc) is 3.16. The van der Waals surface area contributed by atoms with Crippen molar-refractivity contribution < 1.29 is 18.8 Å². The summed E-state index contributed by atoms with van der Waals surface area (Å²) in [6.45, 7) is 0. The predicted octanol–water partition coefficient (Wildman–Crippen LogP) is 4.09. The zero-order chi connectivity index (χ0) is 19.2. The van der Waals surface area contributed by atoms with E-state index >= 15 is 0 Å². The summed E-state index contributed by atoms with van der Waals surface area (Å²) in [7, 11) is 3.10. The van der Waals surface area contributed by atoms with Gasteiger partial charge in [0.25, 0.3) is 0 Å². The van der Waals surface area contributed by atoms with E-state index in [-0.39, 0.29) is 12.3 Å². The number of methoxy groups -OCH3 is 2. The lowest BCUT2D eigenvalue weighted by atomic mass is 10.2. The fourth-order valence-corrected chi connectivity index (χ4v) is 2.68. The number of rotatable bonds is 7. The summed E-state index contributed by atoms with van der Waals surface area (Å²) >= 11 is 3.38. The number of anilines is 1. The fraction of sp³-hybridized carbons (Fsp3) is 0.211. The van der Waals surface area contributed by atoms with E-state index < -0.39 is 0 Å². The van der Waals surface area contributed by atoms with Crippen molar-refractivity contribution in [2.75, 3.05) is 19.5 Å². The number of aromatic nitrogens is 2. The van der Waals surface area contributed by atoms with Gasteiger partial charge in [0.15, 0.2) is 0 Å². The van der Waals surface area contributed by atoms with Crippen LogP contribution < -0.4 is 14.8 Å². The lowest BCUT2D eigenvalue weighted by molar-refractivity contribution is -0.116. The molecular weight excluding hydrogens is 414 g/mol. The molecule has 1 amide bonds. The molecule has 1 heterocycles. The third kappa shape index (κ3) is 4.85. The number of hydrogen-bond donors (Lipinski definition) is 1. The molecule has 0 aliphatic carbocycles. The van der Waals surface area contributed by atoms with Gasteiger partial charge in [-0.25, -0.2) is 0 Å². The molecule has 0 radical (unpaired) electrons. The first-order valence-corrected chi connectivity index (χ1v) is 8.98. The van der Waals surface area contributed by atoms with E-state index in [1.54, 1.807) is 32.4 Å². The summed E-state index contributed by atoms with van der Waals surface area (Å²) < 4.78 is 16.6. The second kappa shape index (κ2) is 8.68. The number of carbonyl (C=O) groups is 1. The molecule has 3 rings (SSSR count). The van der Waals surface area contributed by atoms with Crippen molar-refractivity contribution in [1.82, 2.24) is 10.1 Å². The maximum absolute atomic E-state index is 12.3. The summed E-state index contributed by atoms with van der Waals surface area (Å²) in [5, 5.41) is 6.77. The molecule has 0 aliphatic rings. The Hall–Kier alpha value is -2.87. The van der Waals surface area contributed by atoms with Gasteiger partial charge in [-0.15, -0.1) is 0 Å². The Morgan fingerprint density at radius 3 is 2.63 bits per heavy atom. The highest BCUT2D eigenvalue weighted by molar-refractivity contribution is 9.10. The SMILES string of the molecule is COc1ccc(OC)c(NC(=O)CCc2nc(-c3ccc(Br)cc3)no2)c1. The first-order chi connectivity index (χ1) is 13.1. The standard InChI is InChI=1S/C19H18BrN3O4/c1-25-14-7-8-16(26-2)15(11-14)21-17(24)9-10-18-22-19(23-27-18)12-3-5-13(20)6-4-12/h3-8,11H,9-10H2,1-2H3,(H,21,24). The molecule has 27 heavy (non-hydrogen) atoms. The minimum absolute atomic E-state index is 0.190. The van der Waals surface area contributed by atoms with Gasteiger partial charge in [0.1, 0.15) is 11.5 Å². The van der Waals surface area contributed by atoms with Crippen LogP contribution in [0, 0.1) is 0 Å². The topological polar surface area (TPSA) is 86.5 Å². The highest BCUT2D eigenvalue weighted by atomic mass is 79.9. The summed E-state index contributed by atoms with van der Waals surface area (Å²) in [6.07, 6.45) is 0.532. The number of nitrogens with zero attached hydrogens (tertiary/aromatic N) is 2. The van der Waals surface area contributed by atoms with Crippen LogP contribution in [0.1, 0.15) is 12.3 Å². The van der Waals surface area contributed by atoms with Gasteiger partial charge in [-0.1, -0.05) is 21.1 Å². The van der Waals surface area contributed by atoms with Gasteiger partial charge in [0.05, 0.1) is 19.9 Å². The Balaban J connectivity index is 1.61. The molecule has 0 aliphatic heterocycles. The van der Waals surface area contributed by atoms with Crippen LogP contribution in [0.4, 0.5) is 5.69 Å². The Morgan fingerprint density at radius 2 is 1.93 bits per heavy atom. The third-order valence-electron chi connectivity index (χ3n) is 3.82. The predicted molar refractivity (Wildman–Crippen MR) is 104 cm³/mol. The summed E-state index contributed by atoms with van der Waals surface area (Å²) in [4.78, 5) is 16.6. The van der Waals surface area contributed by atoms with Crippen molar-refractivity contribution >= 4 is 27.5 Å². The van der Waals surface area contributed by atoms with Gasteiger partial charge < -0.3 is 19.3 Å². The number of ether oxygens (including phenoxy) is 2. The van der Waals surface area contributed by atoms with Crippen molar-refractivity contribution in [2.45, 2.75) is 12.8 Å². The smallest absolute Gasteiger partial charge is 0.227 e. The van der Waals surface area contributed by atoms with Crippen LogP contribution in [0.15, 0.2) is 51.5 Å². The Kier molecular flexibility index (Phi) is 6.08. The van der Waals surface area contributed by atoms with Gasteiger partial charge in [-0.3, -0.25) is 4.79 Å². The van der Waals surface area contributed by atoms with E-state index in [4.69, 9.17) is 14.0 Å². The molecule has 0 bridgehead atoms. The minimum Gasteiger partial charge on any atom is -0.497 e. The Bertz CT molecular complexity index is 925. The second-order valence-electron chi connectivity index (χ2n) is 5.63. The average molecular weight is 432 g/mol. The molecule has 0 saturated carbocycles. The maximum Gasteiger partial charge on any atom is 0.227 e. The van der Waals surface area contributed by atoms with Gasteiger partial charge in [-0.2, -0.15) is 4.98 Å². The largest absolute Gasteiger partial charge is 0.497 e. The molecule has 3 aromatic rings. The number of aryl methyl sites for hydroxylation is 1. The maximum atomic E-state index is 12.3. The Morgan fingerprint density at radius 1 is 1.15 bits per heavy atom. The third-order valence-corrected chi connectivity index (χ3v) is 4.35. The molecule has 7 nitrogen and oxygen atoms in total. The monoisotopic (exact) mass is 431 g/mol. The molecule has 2 aromatic carbocycles. The minimum atomic E-state index is -0.190. The molecule has 0 fully saturated rings. The normalized spacial score (nSPS) is 10.5. The van der Waals surface area contributed by atoms with E-state index in [2.05, 4.69) is 31.4 Å². The lowest BCUT2D eigenvalue weighted by Crippen LogP contribution is -2.13. The van der Waals surface area contributed by atoms with E-state index in [1.165, 1.54) is 0 Å². The zero-order valence-electron chi connectivity index (χ0n) is 14.9. The number of amides is 1. The van der Waals surface area contributed by atoms with E-state index in [9.17, 15) is 4.79 Å². The van der Waals surface area contributed by atoms with Crippen LogP contribution in [0.2, 0.25) is 0 Å². The van der Waals surface area contributed by atoms with Crippen molar-refractivity contribution in [3.63, 3.8) is 0 Å². The van der Waals surface area contributed by atoms with Gasteiger partial charge in [0, 0.05) is 28.9 Å². The second-order valence-corrected chi connectivity index (χ2v) is 6.55. The van der Waals surface area contributed by atoms with Crippen molar-refractivity contribution in [3.8, 4) is 22.9 Å². The fourth-order valence-electron chi connectivity index (χ4n) is 2.42. The highest BCUT2D eigenvalue weighted by Gasteiger charge is 2.13. The number of halogens is 1. The van der Waals surface area contributed by atoms with Gasteiger partial charge in [-0.05, 0) is 36.4 Å². The molecule has 0 spiro atoms. The van der Waals surface area contributed by atoms with E-state index in [0.717, 1.165) is 10.0 Å². The van der Waals surface area contributed by atoms with Crippen molar-refractivity contribution in [2.24, 2.45) is 0 Å². The molecule has 0 saturated heterocycles. The summed E-state index contributed by atoms with van der Waals surface area (Å²) in [5.74, 6) is 1.89. The van der Waals surface area contributed by atoms with E-state index in [1.807, 2.05) is 24.3 Å². The van der Waals surface area contributed by atoms with Crippen LogP contribution in [0.25, 0.3) is 11.4 Å². The van der Waals surface area contributed by atoms with Gasteiger partial charge in [0.2, 0.25) is 17.6 Å². The quantitative estimate of drug-likeness (QED) is 0.606. The Labute approximate surface area is 164 Å². The summed E-state index contributed by atoms with van der Waals surface area (Å²) in [5.41, 5.74) is 1.39. The zero-order valence-corrected chi connectivity index (χ0v) is 16.4. The van der Waals surface area contributed by atoms with Gasteiger partial charge >= 0.3 is 0 Å². The first-order valence-electron chi connectivity index (χ1n) is 8.19. The summed E-state index contributed by atoms with van der Waals surface area (Å²) in [6, 6.07) is 12.8. The molecule has 140 valence electrons. The van der Waals surface area contributed by atoms with Crippen LogP contribution in [0.3, 0.4) is 0 Å². The highest BCUT2D eigenvalue weighted by Crippen LogP contribution is 2.29. The lowest BCUT2D eigenvalue weighted by Gasteiger charge is -2.11. The molecule has 0 unspecified atom stereocenters.